The zero-order valence-electron chi connectivity index (χ0n) is 12.0. The third kappa shape index (κ3) is 2.97. The Labute approximate surface area is 132 Å². The lowest BCUT2D eigenvalue weighted by molar-refractivity contribution is 0.108. The molecule has 110 valence electrons. The monoisotopic (exact) mass is 310 g/mol. The van der Waals surface area contributed by atoms with Gasteiger partial charge in [-0.15, -0.1) is 0 Å². The second kappa shape index (κ2) is 6.20. The number of fused-ring (bicyclic) bond motifs is 1. The Kier molecular flexibility index (Phi) is 4.11. The van der Waals surface area contributed by atoms with Gasteiger partial charge < -0.3 is 4.42 Å². The van der Waals surface area contributed by atoms with Crippen molar-refractivity contribution in [3.05, 3.63) is 76.1 Å². The fraction of sp³-hybridized carbons (Fsp3) is 0.111. The lowest BCUT2D eigenvalue weighted by Crippen LogP contribution is -2.11. The molecule has 0 N–H and O–H groups in total. The van der Waals surface area contributed by atoms with E-state index in [9.17, 15) is 9.59 Å². The molecule has 3 rings (SSSR count). The summed E-state index contributed by atoms with van der Waals surface area (Å²) in [4.78, 5) is 25.2. The van der Waals surface area contributed by atoms with Crippen molar-refractivity contribution in [1.29, 1.82) is 0 Å². The van der Waals surface area contributed by atoms with Crippen molar-refractivity contribution in [1.82, 2.24) is 0 Å². The number of thioether (sulfide) groups is 1. The largest absolute Gasteiger partial charge is 0.422 e. The summed E-state index contributed by atoms with van der Waals surface area (Å²) in [5, 5.41) is 0.472. The maximum absolute atomic E-state index is 12.3. The minimum atomic E-state index is -0.592. The SMILES string of the molecule is CCc1ccc2oc(=O)c(C(=O)Sc3ccccc3)cc2c1. The number of aryl methyl sites for hydroxylation is 1. The molecule has 3 nitrogen and oxygen atoms in total. The quantitative estimate of drug-likeness (QED) is 0.535. The molecule has 0 atom stereocenters. The smallest absolute Gasteiger partial charge is 0.348 e. The van der Waals surface area contributed by atoms with Gasteiger partial charge in [0.05, 0.1) is 0 Å². The molecule has 0 aliphatic heterocycles. The van der Waals surface area contributed by atoms with Gasteiger partial charge in [-0.2, -0.15) is 0 Å². The molecular formula is C18H14O3S. The Balaban J connectivity index is 2.00. The Bertz CT molecular complexity index is 882. The summed E-state index contributed by atoms with van der Waals surface area (Å²) >= 11 is 1.03. The molecule has 0 unspecified atom stereocenters. The lowest BCUT2D eigenvalue weighted by Gasteiger charge is -2.03. The van der Waals surface area contributed by atoms with Crippen LogP contribution in [0.1, 0.15) is 22.8 Å². The fourth-order valence-corrected chi connectivity index (χ4v) is 2.95. The topological polar surface area (TPSA) is 47.3 Å². The van der Waals surface area contributed by atoms with Gasteiger partial charge in [-0.05, 0) is 54.1 Å². The molecule has 0 fully saturated rings. The van der Waals surface area contributed by atoms with Gasteiger partial charge in [0.25, 0.3) is 0 Å². The molecule has 1 aromatic heterocycles. The fourth-order valence-electron chi connectivity index (χ4n) is 2.19. The molecule has 2 aromatic carbocycles. The second-order valence-corrected chi connectivity index (χ2v) is 5.92. The first-order valence-corrected chi connectivity index (χ1v) is 7.83. The first kappa shape index (κ1) is 14.6. The number of carbonyl (C=O) groups is 1. The molecule has 0 bridgehead atoms. The average Bonchev–Trinajstić information content (AvgIpc) is 2.54. The van der Waals surface area contributed by atoms with Gasteiger partial charge in [0.2, 0.25) is 5.12 Å². The minimum absolute atomic E-state index is 0.0783. The van der Waals surface area contributed by atoms with E-state index in [0.717, 1.165) is 34.0 Å². The highest BCUT2D eigenvalue weighted by Crippen LogP contribution is 2.23. The van der Waals surface area contributed by atoms with Crippen molar-refractivity contribution in [2.24, 2.45) is 0 Å². The highest BCUT2D eigenvalue weighted by Gasteiger charge is 2.15. The Morgan fingerprint density at radius 3 is 2.59 bits per heavy atom. The van der Waals surface area contributed by atoms with E-state index in [1.54, 1.807) is 12.1 Å². The van der Waals surface area contributed by atoms with E-state index >= 15 is 0 Å². The molecular weight excluding hydrogens is 296 g/mol. The second-order valence-electron chi connectivity index (χ2n) is 4.88. The van der Waals surface area contributed by atoms with E-state index in [0.29, 0.717) is 5.58 Å². The third-order valence-corrected chi connectivity index (χ3v) is 4.29. The molecule has 0 spiro atoms. The molecule has 0 radical (unpaired) electrons. The van der Waals surface area contributed by atoms with E-state index in [-0.39, 0.29) is 10.7 Å². The lowest BCUT2D eigenvalue weighted by atomic mass is 10.1. The van der Waals surface area contributed by atoms with Gasteiger partial charge in [-0.3, -0.25) is 4.79 Å². The van der Waals surface area contributed by atoms with Crippen molar-refractivity contribution in [2.75, 3.05) is 0 Å². The molecule has 22 heavy (non-hydrogen) atoms. The van der Waals surface area contributed by atoms with E-state index in [1.165, 1.54) is 0 Å². The predicted octanol–water partition coefficient (Wildman–Crippen LogP) is 4.29. The number of carbonyl (C=O) groups excluding carboxylic acids is 1. The first-order valence-electron chi connectivity index (χ1n) is 7.01. The van der Waals surface area contributed by atoms with E-state index < -0.39 is 5.63 Å². The summed E-state index contributed by atoms with van der Waals surface area (Å²) in [5.41, 5.74) is 1.12. The van der Waals surface area contributed by atoms with Crippen LogP contribution in [0.15, 0.2) is 68.7 Å². The van der Waals surface area contributed by atoms with Crippen molar-refractivity contribution in [3.8, 4) is 0 Å². The van der Waals surface area contributed by atoms with E-state index in [1.807, 2.05) is 42.5 Å². The molecule has 0 aliphatic carbocycles. The first-order chi connectivity index (χ1) is 10.7. The summed E-state index contributed by atoms with van der Waals surface area (Å²) < 4.78 is 5.26. The Hall–Kier alpha value is -2.33. The molecule has 0 saturated heterocycles. The van der Waals surface area contributed by atoms with Gasteiger partial charge >= 0.3 is 5.63 Å². The average molecular weight is 310 g/mol. The van der Waals surface area contributed by atoms with Crippen LogP contribution in [-0.2, 0) is 6.42 Å². The van der Waals surface area contributed by atoms with Crippen molar-refractivity contribution < 1.29 is 9.21 Å². The van der Waals surface area contributed by atoms with E-state index in [2.05, 4.69) is 6.92 Å². The van der Waals surface area contributed by atoms with E-state index in [4.69, 9.17) is 4.42 Å². The van der Waals surface area contributed by atoms with Crippen LogP contribution >= 0.6 is 11.8 Å². The van der Waals surface area contributed by atoms with Gasteiger partial charge in [-0.1, -0.05) is 31.2 Å². The zero-order chi connectivity index (χ0) is 15.5. The highest BCUT2D eigenvalue weighted by atomic mass is 32.2. The van der Waals surface area contributed by atoms with Crippen molar-refractivity contribution in [3.63, 3.8) is 0 Å². The zero-order valence-corrected chi connectivity index (χ0v) is 12.9. The normalized spacial score (nSPS) is 10.8. The van der Waals surface area contributed by atoms with Gasteiger partial charge in [-0.25, -0.2) is 4.79 Å². The summed E-state index contributed by atoms with van der Waals surface area (Å²) in [6, 6.07) is 16.5. The van der Waals surface area contributed by atoms with Crippen molar-refractivity contribution in [2.45, 2.75) is 18.2 Å². The molecule has 1 heterocycles. The van der Waals surface area contributed by atoms with Gasteiger partial charge in [0.15, 0.2) is 0 Å². The van der Waals surface area contributed by atoms with Crippen LogP contribution in [0.25, 0.3) is 11.0 Å². The summed E-state index contributed by atoms with van der Waals surface area (Å²) in [6.45, 7) is 2.05. The maximum atomic E-state index is 12.3. The maximum Gasteiger partial charge on any atom is 0.348 e. The number of hydrogen-bond donors (Lipinski definition) is 0. The van der Waals surface area contributed by atoms with Crippen LogP contribution in [0.3, 0.4) is 0 Å². The van der Waals surface area contributed by atoms with Crippen LogP contribution in [0.2, 0.25) is 0 Å². The minimum Gasteiger partial charge on any atom is -0.422 e. The van der Waals surface area contributed by atoms with Crippen LogP contribution in [-0.4, -0.2) is 5.12 Å². The molecule has 0 aliphatic rings. The standard InChI is InChI=1S/C18H14O3S/c1-2-12-8-9-16-13(10-12)11-15(17(19)21-16)18(20)22-14-6-4-3-5-7-14/h3-11H,2H2,1H3. The number of hydrogen-bond acceptors (Lipinski definition) is 4. The number of benzene rings is 2. The van der Waals surface area contributed by atoms with Gasteiger partial charge in [0.1, 0.15) is 11.1 Å². The van der Waals surface area contributed by atoms with Gasteiger partial charge in [0, 0.05) is 10.3 Å². The third-order valence-electron chi connectivity index (χ3n) is 3.38. The Morgan fingerprint density at radius 1 is 1.09 bits per heavy atom. The Morgan fingerprint density at radius 2 is 1.86 bits per heavy atom. The number of rotatable bonds is 3. The summed E-state index contributed by atoms with van der Waals surface area (Å²) in [6.07, 6.45) is 0.886. The van der Waals surface area contributed by atoms with Crippen LogP contribution in [0.5, 0.6) is 0 Å². The highest BCUT2D eigenvalue weighted by molar-refractivity contribution is 8.14. The molecule has 3 aromatic rings. The van der Waals surface area contributed by atoms with Crippen LogP contribution in [0, 0.1) is 0 Å². The molecule has 0 amide bonds. The van der Waals surface area contributed by atoms with Crippen molar-refractivity contribution >= 4 is 27.8 Å². The molecule has 0 saturated carbocycles. The van der Waals surface area contributed by atoms with Crippen LogP contribution in [0.4, 0.5) is 0 Å². The summed E-state index contributed by atoms with van der Waals surface area (Å²) in [7, 11) is 0. The summed E-state index contributed by atoms with van der Waals surface area (Å²) in [5.74, 6) is 0. The predicted molar refractivity (Wildman–Crippen MR) is 88.5 cm³/mol. The van der Waals surface area contributed by atoms with Crippen LogP contribution < -0.4 is 5.63 Å². The molecule has 4 heteroatoms.